The third-order valence-corrected chi connectivity index (χ3v) is 14.2. The quantitative estimate of drug-likeness (QED) is 0.0174. The number of primary amides is 2. The van der Waals surface area contributed by atoms with Crippen LogP contribution in [0.25, 0.3) is 0 Å². The van der Waals surface area contributed by atoms with Gasteiger partial charge in [-0.15, -0.1) is 35.7 Å². The van der Waals surface area contributed by atoms with Gasteiger partial charge in [0, 0.05) is 113 Å². The minimum absolute atomic E-state index is 0. The number of aliphatic hydroxyl groups is 1. The molecule has 0 radical (unpaired) electrons. The summed E-state index contributed by atoms with van der Waals surface area (Å²) in [6.45, 7) is 84.8. The number of nitrogens with zero attached hydrogens (tertiary/aromatic N) is 15. The minimum atomic E-state index is -0.241. The molecule has 1 aliphatic heterocycles. The van der Waals surface area contributed by atoms with Crippen LogP contribution in [0, 0.1) is 65.1 Å². The third kappa shape index (κ3) is 88.1. The van der Waals surface area contributed by atoms with E-state index in [-0.39, 0.29) is 86.1 Å². The molecule has 17 N–H and O–H groups in total. The number of nitrogens with two attached hydrogens (primary N) is 4. The fraction of sp³-hybridized carbons (Fsp3) is 0.779. The molecule has 0 atom stereocenters. The van der Waals surface area contributed by atoms with Crippen LogP contribution in [0.5, 0.6) is 0 Å². The van der Waals surface area contributed by atoms with Gasteiger partial charge in [0.2, 0.25) is 23.6 Å². The number of carbonyl (C=O) groups is 5. The molecular formula is C86H180N27O6+. The van der Waals surface area contributed by atoms with E-state index in [0.29, 0.717) is 95.3 Å². The fourth-order valence-electron chi connectivity index (χ4n) is 6.32. The van der Waals surface area contributed by atoms with Gasteiger partial charge in [0.25, 0.3) is 5.82 Å². The Labute approximate surface area is 721 Å². The van der Waals surface area contributed by atoms with Crippen LogP contribution >= 0.6 is 0 Å². The summed E-state index contributed by atoms with van der Waals surface area (Å²) in [5.41, 5.74) is 24.3. The molecule has 0 saturated carbocycles. The average Bonchev–Trinajstić information content (AvgIpc) is 1.75. The molecule has 33 heteroatoms. The number of allylic oxidation sites excluding steroid dienone is 2. The van der Waals surface area contributed by atoms with Crippen molar-refractivity contribution in [2.45, 2.75) is 372 Å². The number of Topliss-reactive ketones (excluding diaryl/α,β-unsaturated/α-hetero) is 1. The van der Waals surface area contributed by atoms with E-state index in [1.54, 1.807) is 34.0 Å². The monoisotopic (exact) mass is 1690 g/mol. The summed E-state index contributed by atoms with van der Waals surface area (Å²) in [6, 6.07) is 1.18. The van der Waals surface area contributed by atoms with Crippen molar-refractivity contribution in [3.63, 3.8) is 0 Å². The summed E-state index contributed by atoms with van der Waals surface area (Å²) < 4.78 is 0. The zero-order valence-electron chi connectivity index (χ0n) is 80.9. The SMILES string of the molecule is C.C.CC(C)/C=C(\O)C(C)C.CC(C)C(N)=O.CC(C)C(N)=O.CC(C)C1=NN=NC1.CC(C)CC(=O)C(C)C.CC(C)N=C(N)C(C)C.CC(C)N=C(N)C(C)C.CC(C)NC(=O)C(C)C.CC(C)NC(=O)C(C)C.CC(C)c1c[nH+]c(C(C)C)[nH]1.CC(C)c1cnc[nH]1.CC(C)c1nn[nH]n1.CC(C)c1nn[nH]n1.CC(C)c1nn[nH]n1. The van der Waals surface area contributed by atoms with Crippen molar-refractivity contribution in [2.75, 3.05) is 6.54 Å². The molecule has 0 fully saturated rings. The second-order valence-corrected chi connectivity index (χ2v) is 34.2. The Balaban J connectivity index is -0.000000134. The van der Waals surface area contributed by atoms with Crippen molar-refractivity contribution in [1.82, 2.24) is 87.5 Å². The van der Waals surface area contributed by atoms with Crippen LogP contribution in [-0.2, 0) is 24.0 Å². The van der Waals surface area contributed by atoms with Crippen molar-refractivity contribution in [3.05, 3.63) is 65.2 Å². The number of H-pyrrole nitrogens is 6. The van der Waals surface area contributed by atoms with Gasteiger partial charge < -0.3 is 43.7 Å². The lowest BCUT2D eigenvalue weighted by Crippen LogP contribution is -2.33. The van der Waals surface area contributed by atoms with E-state index < -0.39 is 0 Å². The summed E-state index contributed by atoms with van der Waals surface area (Å²) in [5.74, 6) is 11.4. The maximum absolute atomic E-state index is 11.0. The number of hydrogen-bond donors (Lipinski definition) is 12. The van der Waals surface area contributed by atoms with Crippen LogP contribution in [-0.4, -0.2) is 159 Å². The molecule has 0 aliphatic carbocycles. The van der Waals surface area contributed by atoms with Gasteiger partial charge in [-0.25, -0.2) is 15.0 Å². The molecule has 33 nitrogen and oxygen atoms in total. The molecule has 0 bridgehead atoms. The number of ketones is 1. The summed E-state index contributed by atoms with van der Waals surface area (Å²) in [7, 11) is 0. The van der Waals surface area contributed by atoms with Gasteiger partial charge >= 0.3 is 0 Å². The largest absolute Gasteiger partial charge is 0.512 e. The molecular weight excluding hydrogens is 1510 g/mol. The number of rotatable bonds is 22. The van der Waals surface area contributed by atoms with Gasteiger partial charge in [-0.1, -0.05) is 266 Å². The van der Waals surface area contributed by atoms with Gasteiger partial charge in [-0.3, -0.25) is 34.0 Å². The number of tetrazole rings is 3. The van der Waals surface area contributed by atoms with Crippen LogP contribution in [0.1, 0.15) is 382 Å². The van der Waals surface area contributed by atoms with Gasteiger partial charge in [0.05, 0.1) is 35.4 Å². The Morgan fingerprint density at radius 1 is 0.462 bits per heavy atom. The molecule has 6 heterocycles. The molecule has 1 aliphatic rings. The molecule has 6 rings (SSSR count). The highest BCUT2D eigenvalue weighted by molar-refractivity contribution is 5.88. The molecule has 5 aromatic rings. The lowest BCUT2D eigenvalue weighted by molar-refractivity contribution is -0.390. The van der Waals surface area contributed by atoms with Crippen molar-refractivity contribution in [2.24, 2.45) is 113 Å². The van der Waals surface area contributed by atoms with Crippen molar-refractivity contribution in [1.29, 1.82) is 0 Å². The Hall–Kier alpha value is -9.07. The van der Waals surface area contributed by atoms with E-state index in [2.05, 4.69) is 207 Å². The number of hydrogen-bond acceptors (Lipinski definition) is 21. The third-order valence-electron chi connectivity index (χ3n) is 14.2. The predicted octanol–water partition coefficient (Wildman–Crippen LogP) is 17.7. The number of carbonyl (C=O) groups excluding carboxylic acids is 5. The van der Waals surface area contributed by atoms with E-state index >= 15 is 0 Å². The zero-order valence-corrected chi connectivity index (χ0v) is 80.9. The van der Waals surface area contributed by atoms with Gasteiger partial charge in [0.15, 0.2) is 17.5 Å². The van der Waals surface area contributed by atoms with Gasteiger partial charge in [-0.05, 0) is 90.4 Å². The van der Waals surface area contributed by atoms with Crippen LogP contribution in [0.3, 0.4) is 0 Å². The molecule has 0 spiro atoms. The Morgan fingerprint density at radius 2 is 0.807 bits per heavy atom. The topological polar surface area (TPSA) is 518 Å². The maximum atomic E-state index is 11.0. The predicted molar refractivity (Wildman–Crippen MR) is 496 cm³/mol. The number of imidazole rings is 2. The van der Waals surface area contributed by atoms with Gasteiger partial charge in [0.1, 0.15) is 24.2 Å². The van der Waals surface area contributed by atoms with Crippen molar-refractivity contribution < 1.29 is 34.1 Å². The Morgan fingerprint density at radius 3 is 0.916 bits per heavy atom. The van der Waals surface area contributed by atoms with Crippen molar-refractivity contribution in [3.8, 4) is 0 Å². The number of aliphatic imine (C=N–C) groups is 2. The fourth-order valence-corrected chi connectivity index (χ4v) is 6.32. The molecule has 119 heavy (non-hydrogen) atoms. The number of aliphatic hydroxyl groups excluding tert-OH is 1. The molecule has 4 amide bonds. The first kappa shape index (κ1) is 131. The molecule has 694 valence electrons. The zero-order chi connectivity index (χ0) is 93.3. The number of aromatic nitrogens is 16. The van der Waals surface area contributed by atoms with E-state index in [4.69, 9.17) is 28.0 Å². The smallest absolute Gasteiger partial charge is 0.254 e. The second-order valence-electron chi connectivity index (χ2n) is 34.2. The highest BCUT2D eigenvalue weighted by Crippen LogP contribution is 2.14. The first-order valence-electron chi connectivity index (χ1n) is 41.7. The maximum Gasteiger partial charge on any atom is 0.254 e. The molecule has 0 unspecified atom stereocenters. The van der Waals surface area contributed by atoms with Crippen LogP contribution in [0.4, 0.5) is 0 Å². The average molecular weight is 1690 g/mol. The number of amides is 4. The number of aromatic amines is 6. The highest BCUT2D eigenvalue weighted by Gasteiger charge is 2.15. The molecule has 0 aromatic carbocycles. The van der Waals surface area contributed by atoms with E-state index in [1.165, 1.54) is 17.2 Å². The van der Waals surface area contributed by atoms with Crippen LogP contribution in [0.15, 0.2) is 56.0 Å². The summed E-state index contributed by atoms with van der Waals surface area (Å²) >= 11 is 0. The van der Waals surface area contributed by atoms with E-state index in [9.17, 15) is 24.0 Å². The van der Waals surface area contributed by atoms with Crippen LogP contribution in [0.2, 0.25) is 0 Å². The summed E-state index contributed by atoms with van der Waals surface area (Å²) in [6.07, 6.45) is 8.22. The summed E-state index contributed by atoms with van der Waals surface area (Å²) in [5, 5.41) is 65.8. The number of nitrogens with one attached hydrogen (secondary N) is 8. The lowest BCUT2D eigenvalue weighted by atomic mass is 9.99. The molecule has 5 aromatic heterocycles. The standard InChI is InChI=1S/C9H16N2.2C8H16O.2C7H16N2.2C7H15NO.C6H10N2.C5H9N3.3C4H8N4.2C4H9NO.2CH4/c1-6(2)8-5-10-9(11-8)7(3)4;2*1-6(2)5-8(9)7(3)4;2*1-5(2)7(8)9-6(3)4;2*1-5(2)7(9)8-6(3)4;1-5(2)6-3-7-4-8-6;1-4(2)5-3-6-8-7-5;3*1-3(2)4-5-7-8-6-4;2*1-3(2)4(5)6;;/h5-7H,1-4H3,(H,10,11);6-7H,5H2,1-4H3;5-7,9H,1-4H3;2*5-6H,1-4H3,(H2,8,9);2*5-6H,1-4H3,(H,8,9);3-5H,1-2H3,(H,7,8);4H,3H2,1-2H3;3*3H,1-2H3,(H,5,6,7,8);2*3H,1-2H3,(H2,5,6);2*1H4/p+1/b;;8-5-;;;;;;;;;;;;;. The Bertz CT molecular complexity index is 2980. The molecule has 0 saturated heterocycles. The van der Waals surface area contributed by atoms with Crippen LogP contribution < -0.4 is 38.6 Å². The lowest BCUT2D eigenvalue weighted by Gasteiger charge is -2.09. The summed E-state index contributed by atoms with van der Waals surface area (Å²) in [4.78, 5) is 74.3. The van der Waals surface area contributed by atoms with Crippen molar-refractivity contribution >= 4 is 46.8 Å². The highest BCUT2D eigenvalue weighted by atomic mass is 16.3. The second kappa shape index (κ2) is 77.5. The Kier molecular flexibility index (Phi) is 85.1. The van der Waals surface area contributed by atoms with E-state index in [1.807, 2.05) is 192 Å². The van der Waals surface area contributed by atoms with Gasteiger partial charge in [-0.2, -0.15) is 20.8 Å². The minimum Gasteiger partial charge on any atom is -0.512 e. The first-order chi connectivity index (χ1) is 53.6. The first-order valence-corrected chi connectivity index (χ1v) is 41.7. The normalized spacial score (nSPS) is 11.4. The number of amidine groups is 2. The van der Waals surface area contributed by atoms with E-state index in [0.717, 1.165) is 41.3 Å².